The van der Waals surface area contributed by atoms with Crippen LogP contribution in [0.4, 0.5) is 0 Å². The van der Waals surface area contributed by atoms with Gasteiger partial charge in [-0.15, -0.1) is 0 Å². The molecule has 1 atom stereocenters. The summed E-state index contributed by atoms with van der Waals surface area (Å²) < 4.78 is 13.2. The van der Waals surface area contributed by atoms with Crippen LogP contribution in [0.1, 0.15) is 30.4 Å². The molecule has 0 bridgehead atoms. The molecule has 0 saturated carbocycles. The zero-order chi connectivity index (χ0) is 22.7. The van der Waals surface area contributed by atoms with E-state index < -0.39 is 0 Å². The number of hydrogen-bond donors (Lipinski definition) is 0. The van der Waals surface area contributed by atoms with Crippen molar-refractivity contribution in [3.05, 3.63) is 59.8 Å². The van der Waals surface area contributed by atoms with Gasteiger partial charge in [0.2, 0.25) is 5.91 Å². The van der Waals surface area contributed by atoms with Gasteiger partial charge in [0.25, 0.3) is 0 Å². The van der Waals surface area contributed by atoms with Crippen LogP contribution >= 0.6 is 0 Å². The lowest BCUT2D eigenvalue weighted by molar-refractivity contribution is -0.133. The van der Waals surface area contributed by atoms with Crippen molar-refractivity contribution in [2.45, 2.75) is 19.3 Å². The maximum absolute atomic E-state index is 13.4. The number of likely N-dealkylation sites (N-methyl/N-ethyl adjacent to an activating group) is 1. The molecule has 1 amide bonds. The first-order valence-electron chi connectivity index (χ1n) is 11.3. The number of para-hydroxylation sites is 1. The topological polar surface area (TPSA) is 46.9 Å². The van der Waals surface area contributed by atoms with Crippen LogP contribution in [-0.2, 0) is 11.8 Å². The Balaban J connectivity index is 1.73. The molecule has 1 aromatic heterocycles. The lowest BCUT2D eigenvalue weighted by Gasteiger charge is -2.35. The smallest absolute Gasteiger partial charge is 0.223 e. The number of nitrogens with zero attached hydrogens (tertiary/aromatic N) is 3. The number of benzene rings is 2. The number of aromatic nitrogens is 1. The van der Waals surface area contributed by atoms with Gasteiger partial charge in [-0.2, -0.15) is 0 Å². The number of aryl methyl sites for hydroxylation is 1. The van der Waals surface area contributed by atoms with Crippen molar-refractivity contribution >= 4 is 16.8 Å². The highest BCUT2D eigenvalue weighted by molar-refractivity contribution is 5.86. The first-order valence-corrected chi connectivity index (χ1v) is 11.3. The second kappa shape index (κ2) is 9.65. The van der Waals surface area contributed by atoms with Crippen LogP contribution in [0.25, 0.3) is 10.9 Å². The Morgan fingerprint density at radius 1 is 1.00 bits per heavy atom. The van der Waals surface area contributed by atoms with Crippen LogP contribution in [0.15, 0.2) is 48.7 Å². The third-order valence-corrected chi connectivity index (χ3v) is 6.63. The zero-order valence-corrected chi connectivity index (χ0v) is 19.5. The fourth-order valence-corrected chi connectivity index (χ4v) is 4.71. The van der Waals surface area contributed by atoms with Crippen LogP contribution < -0.4 is 9.47 Å². The number of carbonyl (C=O) groups is 1. The summed E-state index contributed by atoms with van der Waals surface area (Å²) in [6.07, 6.45) is 2.57. The van der Waals surface area contributed by atoms with Crippen molar-refractivity contribution in [1.29, 1.82) is 0 Å². The van der Waals surface area contributed by atoms with E-state index in [9.17, 15) is 4.79 Å². The van der Waals surface area contributed by atoms with Gasteiger partial charge in [-0.05, 0) is 35.9 Å². The second-order valence-corrected chi connectivity index (χ2v) is 8.43. The van der Waals surface area contributed by atoms with Crippen molar-refractivity contribution in [3.8, 4) is 11.5 Å². The molecular formula is C26H33N3O3. The monoisotopic (exact) mass is 435 g/mol. The van der Waals surface area contributed by atoms with E-state index in [2.05, 4.69) is 47.8 Å². The fraction of sp³-hybridized carbons (Fsp3) is 0.423. The number of hydrogen-bond acceptors (Lipinski definition) is 4. The maximum atomic E-state index is 13.4. The van der Waals surface area contributed by atoms with E-state index in [-0.39, 0.29) is 11.8 Å². The lowest BCUT2D eigenvalue weighted by atomic mass is 9.87. The Morgan fingerprint density at radius 2 is 1.66 bits per heavy atom. The molecule has 1 unspecified atom stereocenters. The van der Waals surface area contributed by atoms with E-state index in [1.54, 1.807) is 14.2 Å². The van der Waals surface area contributed by atoms with Crippen LogP contribution in [0, 0.1) is 0 Å². The molecule has 32 heavy (non-hydrogen) atoms. The third kappa shape index (κ3) is 4.46. The van der Waals surface area contributed by atoms with Gasteiger partial charge in [0.1, 0.15) is 11.5 Å². The molecule has 6 heteroatoms. The molecule has 0 aliphatic carbocycles. The number of ether oxygens (including phenoxy) is 2. The summed E-state index contributed by atoms with van der Waals surface area (Å²) in [5.74, 6) is 1.56. The van der Waals surface area contributed by atoms with Gasteiger partial charge < -0.3 is 23.8 Å². The summed E-state index contributed by atoms with van der Waals surface area (Å²) in [4.78, 5) is 17.8. The van der Waals surface area contributed by atoms with Crippen molar-refractivity contribution < 1.29 is 14.3 Å². The Hall–Kier alpha value is -2.99. The summed E-state index contributed by atoms with van der Waals surface area (Å²) in [6, 6.07) is 14.3. The van der Waals surface area contributed by atoms with E-state index in [4.69, 9.17) is 9.47 Å². The first-order chi connectivity index (χ1) is 15.5. The SMILES string of the molecule is CCN1CCN(C(=O)CC(c2cc(OC)cc(OC)c2)c2cn(C)c3ccccc23)CC1. The van der Waals surface area contributed by atoms with Gasteiger partial charge in [-0.1, -0.05) is 25.1 Å². The van der Waals surface area contributed by atoms with Gasteiger partial charge in [-0.3, -0.25) is 4.79 Å². The summed E-state index contributed by atoms with van der Waals surface area (Å²) in [5.41, 5.74) is 3.34. The molecule has 170 valence electrons. The minimum absolute atomic E-state index is 0.0956. The normalized spacial score (nSPS) is 15.7. The largest absolute Gasteiger partial charge is 0.497 e. The average molecular weight is 436 g/mol. The van der Waals surface area contributed by atoms with Crippen LogP contribution in [-0.4, -0.2) is 67.2 Å². The standard InChI is InChI=1S/C26H33N3O3/c1-5-28-10-12-29(13-11-28)26(30)17-23(19-14-20(31-3)16-21(15-19)32-4)24-18-27(2)25-9-7-6-8-22(24)25/h6-9,14-16,18,23H,5,10-13,17H2,1-4H3. The minimum Gasteiger partial charge on any atom is -0.497 e. The molecule has 3 aromatic rings. The Kier molecular flexibility index (Phi) is 6.70. The fourth-order valence-electron chi connectivity index (χ4n) is 4.71. The molecule has 2 heterocycles. The predicted molar refractivity (Wildman–Crippen MR) is 128 cm³/mol. The maximum Gasteiger partial charge on any atom is 0.223 e. The van der Waals surface area contributed by atoms with Crippen LogP contribution in [0.2, 0.25) is 0 Å². The van der Waals surface area contributed by atoms with E-state index in [1.165, 1.54) is 5.39 Å². The van der Waals surface area contributed by atoms with Crippen molar-refractivity contribution in [2.24, 2.45) is 7.05 Å². The van der Waals surface area contributed by atoms with Crippen molar-refractivity contribution in [3.63, 3.8) is 0 Å². The Morgan fingerprint density at radius 3 is 2.28 bits per heavy atom. The number of rotatable bonds is 7. The first kappa shape index (κ1) is 22.2. The summed E-state index contributed by atoms with van der Waals surface area (Å²) in [5, 5.41) is 1.17. The van der Waals surface area contributed by atoms with Gasteiger partial charge in [0.05, 0.1) is 14.2 Å². The molecule has 1 saturated heterocycles. The molecule has 1 aliphatic heterocycles. The quantitative estimate of drug-likeness (QED) is 0.565. The van der Waals surface area contributed by atoms with Crippen LogP contribution in [0.5, 0.6) is 11.5 Å². The molecular weight excluding hydrogens is 402 g/mol. The second-order valence-electron chi connectivity index (χ2n) is 8.43. The summed E-state index contributed by atoms with van der Waals surface area (Å²) in [6.45, 7) is 6.66. The molecule has 1 fully saturated rings. The number of piperazine rings is 1. The molecule has 0 N–H and O–H groups in total. The number of methoxy groups -OCH3 is 2. The molecule has 0 spiro atoms. The van der Waals surface area contributed by atoms with Gasteiger partial charge in [0, 0.05) is 68.7 Å². The molecule has 0 radical (unpaired) electrons. The Bertz CT molecular complexity index is 1060. The van der Waals surface area contributed by atoms with E-state index >= 15 is 0 Å². The van der Waals surface area contributed by atoms with E-state index in [0.29, 0.717) is 6.42 Å². The third-order valence-electron chi connectivity index (χ3n) is 6.63. The van der Waals surface area contributed by atoms with Crippen molar-refractivity contribution in [2.75, 3.05) is 46.9 Å². The van der Waals surface area contributed by atoms with Crippen molar-refractivity contribution in [1.82, 2.24) is 14.4 Å². The molecule has 4 rings (SSSR count). The number of amides is 1. The van der Waals surface area contributed by atoms with Gasteiger partial charge in [0.15, 0.2) is 0 Å². The average Bonchev–Trinajstić information content (AvgIpc) is 3.18. The zero-order valence-electron chi connectivity index (χ0n) is 19.5. The highest BCUT2D eigenvalue weighted by atomic mass is 16.5. The number of carbonyl (C=O) groups excluding carboxylic acids is 1. The van der Waals surface area contributed by atoms with Gasteiger partial charge in [-0.25, -0.2) is 0 Å². The minimum atomic E-state index is -0.0956. The Labute approximate surface area is 190 Å². The number of fused-ring (bicyclic) bond motifs is 1. The predicted octanol–water partition coefficient (Wildman–Crippen LogP) is 3.88. The highest BCUT2D eigenvalue weighted by Crippen LogP contribution is 2.38. The van der Waals surface area contributed by atoms with E-state index in [1.807, 2.05) is 29.2 Å². The lowest BCUT2D eigenvalue weighted by Crippen LogP contribution is -2.48. The summed E-state index contributed by atoms with van der Waals surface area (Å²) in [7, 11) is 5.37. The summed E-state index contributed by atoms with van der Waals surface area (Å²) >= 11 is 0. The van der Waals surface area contributed by atoms with Crippen LogP contribution in [0.3, 0.4) is 0 Å². The van der Waals surface area contributed by atoms with Gasteiger partial charge >= 0.3 is 0 Å². The van der Waals surface area contributed by atoms with E-state index in [0.717, 1.165) is 60.9 Å². The molecule has 2 aromatic carbocycles. The molecule has 6 nitrogen and oxygen atoms in total. The molecule has 1 aliphatic rings. The highest BCUT2D eigenvalue weighted by Gasteiger charge is 2.27.